The molecule has 3 aromatic rings. The molecule has 0 saturated carbocycles. The Hall–Kier alpha value is -3.49. The predicted molar refractivity (Wildman–Crippen MR) is 114 cm³/mol. The van der Waals surface area contributed by atoms with Crippen molar-refractivity contribution in [3.63, 3.8) is 0 Å². The van der Waals surface area contributed by atoms with E-state index in [9.17, 15) is 20.3 Å². The SMILES string of the molecule is O=[N+]([O-])c1cccnc1Oc1ccc(C[C@@H](CO)C[C@H](O)COc2ccccc2)cc1. The molecular formula is C23H24N2O6. The number of aliphatic hydroxyl groups excluding tert-OH is 2. The zero-order chi connectivity index (χ0) is 22.1. The molecule has 1 heterocycles. The maximum atomic E-state index is 11.1. The molecule has 0 aliphatic carbocycles. The minimum absolute atomic E-state index is 0.0687. The van der Waals surface area contributed by atoms with Crippen LogP contribution in [0.15, 0.2) is 72.9 Å². The van der Waals surface area contributed by atoms with Gasteiger partial charge in [-0.15, -0.1) is 0 Å². The van der Waals surface area contributed by atoms with Gasteiger partial charge in [0.2, 0.25) is 0 Å². The summed E-state index contributed by atoms with van der Waals surface area (Å²) < 4.78 is 11.1. The number of nitrogens with zero attached hydrogens (tertiary/aromatic N) is 2. The fourth-order valence-electron chi connectivity index (χ4n) is 3.12. The minimum Gasteiger partial charge on any atom is -0.491 e. The van der Waals surface area contributed by atoms with E-state index in [0.717, 1.165) is 5.56 Å². The standard InChI is InChI=1S/C23H24N2O6/c26-15-18(14-19(27)16-30-20-5-2-1-3-6-20)13-17-8-10-21(11-9-17)31-23-22(25(28)29)7-4-12-24-23/h1-12,18-19,26-27H,13-16H2/t18-,19+/m1/s1. The van der Waals surface area contributed by atoms with Gasteiger partial charge in [-0.05, 0) is 54.7 Å². The largest absolute Gasteiger partial charge is 0.491 e. The van der Waals surface area contributed by atoms with Gasteiger partial charge in [0, 0.05) is 18.9 Å². The van der Waals surface area contributed by atoms with Crippen LogP contribution in [-0.4, -0.2) is 39.4 Å². The number of hydrogen-bond acceptors (Lipinski definition) is 7. The van der Waals surface area contributed by atoms with Crippen molar-refractivity contribution < 1.29 is 24.6 Å². The molecule has 1 aromatic heterocycles. The van der Waals surface area contributed by atoms with Gasteiger partial charge < -0.3 is 19.7 Å². The van der Waals surface area contributed by atoms with Gasteiger partial charge >= 0.3 is 5.69 Å². The topological polar surface area (TPSA) is 115 Å². The number of hydrogen-bond donors (Lipinski definition) is 2. The molecule has 31 heavy (non-hydrogen) atoms. The summed E-state index contributed by atoms with van der Waals surface area (Å²) in [5.41, 5.74) is 0.733. The molecule has 8 nitrogen and oxygen atoms in total. The molecule has 8 heteroatoms. The zero-order valence-corrected chi connectivity index (χ0v) is 16.8. The molecule has 0 aliphatic rings. The van der Waals surface area contributed by atoms with E-state index in [1.807, 2.05) is 42.5 Å². The lowest BCUT2D eigenvalue weighted by Crippen LogP contribution is -2.24. The van der Waals surface area contributed by atoms with E-state index in [0.29, 0.717) is 24.3 Å². The Bertz CT molecular complexity index is 965. The average molecular weight is 424 g/mol. The predicted octanol–water partition coefficient (Wildman–Crippen LogP) is 3.76. The molecule has 0 saturated heterocycles. The van der Waals surface area contributed by atoms with Gasteiger partial charge in [-0.2, -0.15) is 0 Å². The van der Waals surface area contributed by atoms with Gasteiger partial charge in [-0.3, -0.25) is 10.1 Å². The lowest BCUT2D eigenvalue weighted by Gasteiger charge is -2.19. The second kappa shape index (κ2) is 11.1. The molecule has 2 N–H and O–H groups in total. The summed E-state index contributed by atoms with van der Waals surface area (Å²) >= 11 is 0. The van der Waals surface area contributed by atoms with Crippen LogP contribution < -0.4 is 9.47 Å². The van der Waals surface area contributed by atoms with Gasteiger partial charge in [0.05, 0.1) is 11.0 Å². The number of aliphatic hydroxyl groups is 2. The molecule has 0 unspecified atom stereocenters. The first-order valence-corrected chi connectivity index (χ1v) is 9.88. The second-order valence-electron chi connectivity index (χ2n) is 7.10. The van der Waals surface area contributed by atoms with Crippen LogP contribution in [0.1, 0.15) is 12.0 Å². The van der Waals surface area contributed by atoms with E-state index in [4.69, 9.17) is 9.47 Å². The first-order valence-electron chi connectivity index (χ1n) is 9.88. The molecular weight excluding hydrogens is 400 g/mol. The molecule has 2 atom stereocenters. The fraction of sp³-hybridized carbons (Fsp3) is 0.261. The summed E-state index contributed by atoms with van der Waals surface area (Å²) in [5, 5.41) is 31.0. The molecule has 162 valence electrons. The smallest absolute Gasteiger partial charge is 0.331 e. The quantitative estimate of drug-likeness (QED) is 0.356. The Labute approximate surface area is 179 Å². The maximum absolute atomic E-state index is 11.1. The van der Waals surface area contributed by atoms with Crippen LogP contribution in [0, 0.1) is 16.0 Å². The number of nitro groups is 1. The van der Waals surface area contributed by atoms with E-state index < -0.39 is 11.0 Å². The molecule has 2 aromatic carbocycles. The summed E-state index contributed by atoms with van der Waals surface area (Å²) in [4.78, 5) is 14.4. The van der Waals surface area contributed by atoms with Crippen molar-refractivity contribution in [1.29, 1.82) is 0 Å². The number of ether oxygens (including phenoxy) is 2. The average Bonchev–Trinajstić information content (AvgIpc) is 2.79. The summed E-state index contributed by atoms with van der Waals surface area (Å²) in [6, 6.07) is 19.1. The normalized spacial score (nSPS) is 12.7. The van der Waals surface area contributed by atoms with E-state index in [1.165, 1.54) is 18.3 Å². The minimum atomic E-state index is -0.704. The van der Waals surface area contributed by atoms with Crippen LogP contribution in [0.3, 0.4) is 0 Å². The number of benzene rings is 2. The Kier molecular flexibility index (Phi) is 7.91. The first-order chi connectivity index (χ1) is 15.0. The molecule has 0 fully saturated rings. The highest BCUT2D eigenvalue weighted by Gasteiger charge is 2.18. The molecule has 0 aliphatic heterocycles. The third-order valence-corrected chi connectivity index (χ3v) is 4.66. The van der Waals surface area contributed by atoms with Crippen LogP contribution in [0.25, 0.3) is 0 Å². The van der Waals surface area contributed by atoms with Gasteiger partial charge in [0.15, 0.2) is 0 Å². The van der Waals surface area contributed by atoms with Gasteiger partial charge in [-0.25, -0.2) is 4.98 Å². The van der Waals surface area contributed by atoms with E-state index in [1.54, 1.807) is 12.1 Å². The van der Waals surface area contributed by atoms with Gasteiger partial charge in [-0.1, -0.05) is 30.3 Å². The number of pyridine rings is 1. The van der Waals surface area contributed by atoms with Crippen molar-refractivity contribution in [2.75, 3.05) is 13.2 Å². The van der Waals surface area contributed by atoms with Crippen LogP contribution in [0.4, 0.5) is 5.69 Å². The molecule has 0 radical (unpaired) electrons. The fourth-order valence-corrected chi connectivity index (χ4v) is 3.12. The van der Waals surface area contributed by atoms with Crippen LogP contribution in [0.2, 0.25) is 0 Å². The van der Waals surface area contributed by atoms with Crippen molar-refractivity contribution in [1.82, 2.24) is 4.98 Å². The summed E-state index contributed by atoms with van der Waals surface area (Å²) in [5.74, 6) is 0.890. The van der Waals surface area contributed by atoms with E-state index >= 15 is 0 Å². The van der Waals surface area contributed by atoms with Crippen molar-refractivity contribution in [2.24, 2.45) is 5.92 Å². The zero-order valence-electron chi connectivity index (χ0n) is 16.8. The molecule has 0 amide bonds. The van der Waals surface area contributed by atoms with Crippen LogP contribution in [-0.2, 0) is 6.42 Å². The van der Waals surface area contributed by atoms with Crippen molar-refractivity contribution in [3.8, 4) is 17.4 Å². The third-order valence-electron chi connectivity index (χ3n) is 4.66. The highest BCUT2D eigenvalue weighted by molar-refractivity contribution is 5.43. The third kappa shape index (κ3) is 6.77. The van der Waals surface area contributed by atoms with Gasteiger partial charge in [0.25, 0.3) is 5.88 Å². The Morgan fingerprint density at radius 2 is 1.74 bits per heavy atom. The van der Waals surface area contributed by atoms with Crippen molar-refractivity contribution >= 4 is 5.69 Å². The lowest BCUT2D eigenvalue weighted by atomic mass is 9.94. The Morgan fingerprint density at radius 1 is 1.00 bits per heavy atom. The number of rotatable bonds is 11. The second-order valence-corrected chi connectivity index (χ2v) is 7.10. The van der Waals surface area contributed by atoms with Crippen molar-refractivity contribution in [3.05, 3.63) is 88.6 Å². The van der Waals surface area contributed by atoms with Crippen molar-refractivity contribution in [2.45, 2.75) is 18.9 Å². The Balaban J connectivity index is 1.53. The monoisotopic (exact) mass is 424 g/mol. The van der Waals surface area contributed by atoms with Crippen LogP contribution >= 0.6 is 0 Å². The van der Waals surface area contributed by atoms with E-state index in [-0.39, 0.29) is 30.7 Å². The van der Waals surface area contributed by atoms with Gasteiger partial charge in [0.1, 0.15) is 18.1 Å². The number of aromatic nitrogens is 1. The summed E-state index contributed by atoms with van der Waals surface area (Å²) in [6.07, 6.45) is 1.67. The maximum Gasteiger partial charge on any atom is 0.331 e. The summed E-state index contributed by atoms with van der Waals surface area (Å²) in [7, 11) is 0. The summed E-state index contributed by atoms with van der Waals surface area (Å²) in [6.45, 7) is 0.0803. The van der Waals surface area contributed by atoms with Crippen LogP contribution in [0.5, 0.6) is 17.4 Å². The Morgan fingerprint density at radius 3 is 2.42 bits per heavy atom. The molecule has 0 bridgehead atoms. The number of para-hydroxylation sites is 1. The highest BCUT2D eigenvalue weighted by Crippen LogP contribution is 2.28. The lowest BCUT2D eigenvalue weighted by molar-refractivity contribution is -0.386. The van der Waals surface area contributed by atoms with E-state index in [2.05, 4.69) is 4.98 Å². The molecule has 3 rings (SSSR count). The first kappa shape index (κ1) is 22.2. The highest BCUT2D eigenvalue weighted by atomic mass is 16.6. The molecule has 0 spiro atoms.